The Morgan fingerprint density at radius 3 is 2.19 bits per heavy atom. The first-order valence-electron chi connectivity index (χ1n) is 11.7. The molecule has 3 aromatic rings. The number of hydrogen-bond acceptors (Lipinski definition) is 3. The van der Waals surface area contributed by atoms with Crippen molar-refractivity contribution in [1.29, 1.82) is 0 Å². The van der Waals surface area contributed by atoms with Gasteiger partial charge in [-0.15, -0.1) is 0 Å². The van der Waals surface area contributed by atoms with Crippen molar-refractivity contribution in [3.8, 4) is 0 Å². The Kier molecular flexibility index (Phi) is 5.81. The highest BCUT2D eigenvalue weighted by Crippen LogP contribution is 2.49. The molecule has 2 aliphatic rings. The fraction of sp³-hybridized carbons (Fsp3) is 0.321. The molecule has 1 atom stereocenters. The predicted octanol–water partition coefficient (Wildman–Crippen LogP) is 4.85. The second-order valence-electron chi connectivity index (χ2n) is 9.01. The summed E-state index contributed by atoms with van der Waals surface area (Å²) in [7, 11) is 2.02. The van der Waals surface area contributed by atoms with Crippen LogP contribution in [0.4, 0.5) is 5.69 Å². The summed E-state index contributed by atoms with van der Waals surface area (Å²) >= 11 is 0. The maximum Gasteiger partial charge on any atom is 0.256 e. The standard InChI is InChI=1S/C28H31N3O/c1-29(22-23-12-4-2-5-13-23)31-26-17-9-8-16-25(26)28(27(31)32,24-14-6-3-7-15-24)18-21-30-19-10-11-20-30/h2-9,12-17H,10-11,18-22H2,1H3/t28-/m0/s1. The van der Waals surface area contributed by atoms with Crippen LogP contribution in [0.2, 0.25) is 0 Å². The van der Waals surface area contributed by atoms with Crippen LogP contribution in [0.3, 0.4) is 0 Å². The molecule has 0 aliphatic carbocycles. The van der Waals surface area contributed by atoms with E-state index in [1.807, 2.05) is 42.4 Å². The summed E-state index contributed by atoms with van der Waals surface area (Å²) in [5.74, 6) is 0.155. The molecule has 0 spiro atoms. The van der Waals surface area contributed by atoms with Gasteiger partial charge in [0.15, 0.2) is 0 Å². The number of likely N-dealkylation sites (tertiary alicyclic amines) is 1. The van der Waals surface area contributed by atoms with Gasteiger partial charge in [0.25, 0.3) is 5.91 Å². The van der Waals surface area contributed by atoms with Crippen LogP contribution >= 0.6 is 0 Å². The summed E-state index contributed by atoms with van der Waals surface area (Å²) in [5.41, 5.74) is 3.74. The zero-order valence-corrected chi connectivity index (χ0v) is 18.8. The quantitative estimate of drug-likeness (QED) is 0.541. The number of nitrogens with zero attached hydrogens (tertiary/aromatic N) is 3. The average molecular weight is 426 g/mol. The largest absolute Gasteiger partial charge is 0.303 e. The van der Waals surface area contributed by atoms with Crippen LogP contribution in [0.15, 0.2) is 84.9 Å². The maximum atomic E-state index is 14.4. The zero-order chi connectivity index (χ0) is 22.0. The van der Waals surface area contributed by atoms with Crippen molar-refractivity contribution >= 4 is 11.6 Å². The fourth-order valence-electron chi connectivity index (χ4n) is 5.40. The van der Waals surface area contributed by atoms with E-state index < -0.39 is 5.41 Å². The third-order valence-corrected chi connectivity index (χ3v) is 7.01. The van der Waals surface area contributed by atoms with Gasteiger partial charge in [-0.25, -0.2) is 10.0 Å². The van der Waals surface area contributed by atoms with Crippen LogP contribution in [0.5, 0.6) is 0 Å². The van der Waals surface area contributed by atoms with E-state index >= 15 is 0 Å². The van der Waals surface area contributed by atoms with Crippen molar-refractivity contribution in [3.63, 3.8) is 0 Å². The number of fused-ring (bicyclic) bond motifs is 1. The average Bonchev–Trinajstić information content (AvgIpc) is 3.44. The van der Waals surface area contributed by atoms with Crippen LogP contribution in [-0.2, 0) is 16.8 Å². The SMILES string of the molecule is CN(Cc1ccccc1)N1C(=O)[C@@](CCN2CCCC2)(c2ccccc2)c2ccccc21. The number of hydrogen-bond donors (Lipinski definition) is 0. The van der Waals surface area contributed by atoms with E-state index in [1.165, 1.54) is 18.4 Å². The normalized spacial score (nSPS) is 20.8. The highest BCUT2D eigenvalue weighted by Gasteiger charge is 2.53. The van der Waals surface area contributed by atoms with E-state index in [0.717, 1.165) is 42.9 Å². The molecule has 0 unspecified atom stereocenters. The van der Waals surface area contributed by atoms with Crippen molar-refractivity contribution < 1.29 is 4.79 Å². The van der Waals surface area contributed by atoms with Gasteiger partial charge in [0.2, 0.25) is 0 Å². The van der Waals surface area contributed by atoms with Crippen LogP contribution in [0, 0.1) is 0 Å². The Balaban J connectivity index is 1.56. The van der Waals surface area contributed by atoms with E-state index in [4.69, 9.17) is 0 Å². The van der Waals surface area contributed by atoms with Gasteiger partial charge < -0.3 is 4.90 Å². The van der Waals surface area contributed by atoms with Crippen molar-refractivity contribution in [3.05, 3.63) is 102 Å². The Labute approximate surface area is 191 Å². The molecule has 32 heavy (non-hydrogen) atoms. The summed E-state index contributed by atoms with van der Waals surface area (Å²) in [6, 6.07) is 29.1. The molecule has 0 aromatic heterocycles. The van der Waals surface area contributed by atoms with Gasteiger partial charge in [0.1, 0.15) is 5.41 Å². The number of hydrazine groups is 1. The zero-order valence-electron chi connectivity index (χ0n) is 18.8. The molecule has 0 N–H and O–H groups in total. The summed E-state index contributed by atoms with van der Waals surface area (Å²) in [6.45, 7) is 3.89. The smallest absolute Gasteiger partial charge is 0.256 e. The van der Waals surface area contributed by atoms with Crippen LogP contribution in [-0.4, -0.2) is 42.5 Å². The van der Waals surface area contributed by atoms with Gasteiger partial charge >= 0.3 is 0 Å². The lowest BCUT2D eigenvalue weighted by atomic mass is 9.72. The Morgan fingerprint density at radius 2 is 1.47 bits per heavy atom. The molecular formula is C28H31N3O. The van der Waals surface area contributed by atoms with E-state index in [-0.39, 0.29) is 5.91 Å². The first kappa shape index (κ1) is 20.9. The van der Waals surface area contributed by atoms with Crippen LogP contribution in [0.1, 0.15) is 36.0 Å². The predicted molar refractivity (Wildman–Crippen MR) is 129 cm³/mol. The first-order valence-corrected chi connectivity index (χ1v) is 11.7. The van der Waals surface area contributed by atoms with Crippen molar-refractivity contribution in [2.45, 2.75) is 31.2 Å². The molecule has 0 bridgehead atoms. The summed E-state index contributed by atoms with van der Waals surface area (Å²) in [4.78, 5) is 16.9. The Hall–Kier alpha value is -2.95. The number of rotatable bonds is 7. The highest BCUT2D eigenvalue weighted by atomic mass is 16.2. The van der Waals surface area contributed by atoms with Gasteiger partial charge in [0.05, 0.1) is 5.69 Å². The molecule has 2 aliphatic heterocycles. The second-order valence-corrected chi connectivity index (χ2v) is 9.01. The topological polar surface area (TPSA) is 26.8 Å². The Bertz CT molecular complexity index is 1060. The highest BCUT2D eigenvalue weighted by molar-refractivity contribution is 6.09. The Morgan fingerprint density at radius 1 is 0.844 bits per heavy atom. The summed E-state index contributed by atoms with van der Waals surface area (Å²) in [6.07, 6.45) is 3.31. The van der Waals surface area contributed by atoms with Gasteiger partial charge in [-0.2, -0.15) is 0 Å². The summed E-state index contributed by atoms with van der Waals surface area (Å²) in [5, 5.41) is 3.98. The third kappa shape index (κ3) is 3.64. The molecular weight excluding hydrogens is 394 g/mol. The maximum absolute atomic E-state index is 14.4. The third-order valence-electron chi connectivity index (χ3n) is 7.01. The fourth-order valence-corrected chi connectivity index (χ4v) is 5.40. The minimum Gasteiger partial charge on any atom is -0.303 e. The second kappa shape index (κ2) is 8.89. The molecule has 164 valence electrons. The molecule has 0 radical (unpaired) electrons. The number of carbonyl (C=O) groups is 1. The lowest BCUT2D eigenvalue weighted by Gasteiger charge is -2.34. The van der Waals surface area contributed by atoms with E-state index in [1.54, 1.807) is 0 Å². The summed E-state index contributed by atoms with van der Waals surface area (Å²) < 4.78 is 0. The molecule has 1 fully saturated rings. The number of benzene rings is 3. The van der Waals surface area contributed by atoms with E-state index in [0.29, 0.717) is 6.54 Å². The van der Waals surface area contributed by atoms with E-state index in [9.17, 15) is 4.79 Å². The van der Waals surface area contributed by atoms with E-state index in [2.05, 4.69) is 64.5 Å². The number of carbonyl (C=O) groups excluding carboxylic acids is 1. The first-order chi connectivity index (χ1) is 15.7. The number of anilines is 1. The van der Waals surface area contributed by atoms with Gasteiger partial charge in [-0.05, 0) is 61.7 Å². The molecule has 2 heterocycles. The van der Waals surface area contributed by atoms with Crippen molar-refractivity contribution in [2.24, 2.45) is 0 Å². The molecule has 4 nitrogen and oxygen atoms in total. The van der Waals surface area contributed by atoms with Gasteiger partial charge in [-0.3, -0.25) is 4.79 Å². The molecule has 1 amide bonds. The van der Waals surface area contributed by atoms with Crippen molar-refractivity contribution in [2.75, 3.05) is 31.7 Å². The molecule has 4 heteroatoms. The molecule has 5 rings (SSSR count). The number of para-hydroxylation sites is 1. The van der Waals surface area contributed by atoms with Crippen LogP contribution < -0.4 is 5.01 Å². The molecule has 0 saturated carbocycles. The minimum atomic E-state index is -0.661. The number of amides is 1. The van der Waals surface area contributed by atoms with Crippen LogP contribution in [0.25, 0.3) is 0 Å². The monoisotopic (exact) mass is 425 g/mol. The minimum absolute atomic E-state index is 0.155. The lowest BCUT2D eigenvalue weighted by molar-refractivity contribution is -0.125. The van der Waals surface area contributed by atoms with Gasteiger partial charge in [0, 0.05) is 13.6 Å². The van der Waals surface area contributed by atoms with Gasteiger partial charge in [-0.1, -0.05) is 78.9 Å². The lowest BCUT2D eigenvalue weighted by Crippen LogP contribution is -2.49. The molecule has 1 saturated heterocycles. The molecule has 3 aromatic carbocycles. The van der Waals surface area contributed by atoms with Crippen molar-refractivity contribution in [1.82, 2.24) is 9.91 Å².